The standard InChI is InChI=1S/C20H37N7/c1-5-21-20(22-13-17-9-7-8-12-26(17)6-2)23-16-10-11-18-24-19(15(3)4)25-27(18)14-16/h15-17H,5-14H2,1-4H3,(H2,21,22,23). The van der Waals surface area contributed by atoms with Gasteiger partial charge in [-0.25, -0.2) is 9.67 Å². The van der Waals surface area contributed by atoms with Crippen LogP contribution in [0.3, 0.4) is 0 Å². The highest BCUT2D eigenvalue weighted by Crippen LogP contribution is 2.18. The molecule has 2 aliphatic heterocycles. The van der Waals surface area contributed by atoms with E-state index in [9.17, 15) is 0 Å². The van der Waals surface area contributed by atoms with Gasteiger partial charge in [0.1, 0.15) is 5.82 Å². The third-order valence-electron chi connectivity index (χ3n) is 5.69. The van der Waals surface area contributed by atoms with E-state index in [2.05, 4.69) is 52.9 Å². The van der Waals surface area contributed by atoms with Gasteiger partial charge in [-0.1, -0.05) is 27.2 Å². The lowest BCUT2D eigenvalue weighted by atomic mass is 10.0. The Balaban J connectivity index is 1.60. The molecule has 0 bridgehead atoms. The second-order valence-electron chi connectivity index (χ2n) is 8.10. The van der Waals surface area contributed by atoms with Crippen LogP contribution in [-0.4, -0.2) is 63.9 Å². The number of aromatic nitrogens is 3. The molecule has 1 aromatic rings. The molecule has 2 aliphatic rings. The van der Waals surface area contributed by atoms with E-state index in [1.807, 2.05) is 0 Å². The van der Waals surface area contributed by atoms with Gasteiger partial charge in [0.2, 0.25) is 0 Å². The molecule has 0 saturated carbocycles. The highest BCUT2D eigenvalue weighted by Gasteiger charge is 2.24. The van der Waals surface area contributed by atoms with Gasteiger partial charge in [-0.15, -0.1) is 0 Å². The SMILES string of the molecule is CCNC(=NCC1CCCCN1CC)NC1CCc2nc(C(C)C)nn2C1. The average molecular weight is 376 g/mol. The maximum Gasteiger partial charge on any atom is 0.191 e. The molecule has 1 aromatic heterocycles. The summed E-state index contributed by atoms with van der Waals surface area (Å²) in [7, 11) is 0. The van der Waals surface area contributed by atoms with Crippen molar-refractivity contribution in [1.82, 2.24) is 30.3 Å². The number of likely N-dealkylation sites (N-methyl/N-ethyl adjacent to an activating group) is 1. The average Bonchev–Trinajstić information content (AvgIpc) is 3.10. The van der Waals surface area contributed by atoms with Gasteiger partial charge in [-0.3, -0.25) is 9.89 Å². The Hall–Kier alpha value is -1.63. The molecule has 7 nitrogen and oxygen atoms in total. The molecule has 0 radical (unpaired) electrons. The summed E-state index contributed by atoms with van der Waals surface area (Å²) in [6.45, 7) is 13.7. The van der Waals surface area contributed by atoms with Crippen molar-refractivity contribution < 1.29 is 0 Å². The number of aryl methyl sites for hydroxylation is 1. The van der Waals surface area contributed by atoms with Crippen molar-refractivity contribution >= 4 is 5.96 Å². The van der Waals surface area contributed by atoms with Crippen LogP contribution in [0, 0.1) is 0 Å². The molecular formula is C20H37N7. The first kappa shape index (κ1) is 20.1. The number of nitrogens with zero attached hydrogens (tertiary/aromatic N) is 5. The maximum atomic E-state index is 4.93. The Morgan fingerprint density at radius 3 is 2.85 bits per heavy atom. The topological polar surface area (TPSA) is 70.4 Å². The molecule has 0 spiro atoms. The fourth-order valence-corrected chi connectivity index (χ4v) is 4.08. The number of rotatable bonds is 6. The molecule has 152 valence electrons. The lowest BCUT2D eigenvalue weighted by molar-refractivity contribution is 0.161. The summed E-state index contributed by atoms with van der Waals surface area (Å²) >= 11 is 0. The fraction of sp³-hybridized carbons (Fsp3) is 0.850. The first-order valence-corrected chi connectivity index (χ1v) is 10.8. The molecule has 2 atom stereocenters. The van der Waals surface area contributed by atoms with Gasteiger partial charge in [0.05, 0.1) is 13.1 Å². The van der Waals surface area contributed by atoms with Crippen molar-refractivity contribution in [1.29, 1.82) is 0 Å². The highest BCUT2D eigenvalue weighted by molar-refractivity contribution is 5.80. The second kappa shape index (κ2) is 9.53. The Kier molecular flexibility index (Phi) is 7.10. The first-order valence-electron chi connectivity index (χ1n) is 10.8. The van der Waals surface area contributed by atoms with Crippen LogP contribution in [0.25, 0.3) is 0 Å². The predicted molar refractivity (Wildman–Crippen MR) is 110 cm³/mol. The fourth-order valence-electron chi connectivity index (χ4n) is 4.08. The number of fused-ring (bicyclic) bond motifs is 1. The number of hydrogen-bond donors (Lipinski definition) is 2. The molecule has 0 aliphatic carbocycles. The summed E-state index contributed by atoms with van der Waals surface area (Å²) in [4.78, 5) is 12.2. The van der Waals surface area contributed by atoms with Crippen LogP contribution in [0.15, 0.2) is 4.99 Å². The minimum absolute atomic E-state index is 0.352. The Morgan fingerprint density at radius 1 is 1.26 bits per heavy atom. The maximum absolute atomic E-state index is 4.93. The molecule has 3 heterocycles. The summed E-state index contributed by atoms with van der Waals surface area (Å²) in [5.41, 5.74) is 0. The van der Waals surface area contributed by atoms with Crippen LogP contribution in [0.1, 0.15) is 70.9 Å². The molecule has 0 aromatic carbocycles. The van der Waals surface area contributed by atoms with Crippen LogP contribution < -0.4 is 10.6 Å². The van der Waals surface area contributed by atoms with Gasteiger partial charge < -0.3 is 10.6 Å². The summed E-state index contributed by atoms with van der Waals surface area (Å²) in [5.74, 6) is 3.41. The zero-order chi connectivity index (χ0) is 19.2. The van der Waals surface area contributed by atoms with Crippen LogP contribution >= 0.6 is 0 Å². The molecule has 27 heavy (non-hydrogen) atoms. The quantitative estimate of drug-likeness (QED) is 0.589. The number of guanidine groups is 1. The molecule has 7 heteroatoms. The smallest absolute Gasteiger partial charge is 0.191 e. The monoisotopic (exact) mass is 375 g/mol. The van der Waals surface area contributed by atoms with E-state index in [0.717, 1.165) is 56.6 Å². The lowest BCUT2D eigenvalue weighted by Gasteiger charge is -2.34. The van der Waals surface area contributed by atoms with Gasteiger partial charge in [0.25, 0.3) is 0 Å². The van der Waals surface area contributed by atoms with Gasteiger partial charge in [-0.2, -0.15) is 5.10 Å². The van der Waals surface area contributed by atoms with Gasteiger partial charge in [0, 0.05) is 31.0 Å². The van der Waals surface area contributed by atoms with Crippen LogP contribution in [0.4, 0.5) is 0 Å². The molecule has 3 rings (SSSR count). The largest absolute Gasteiger partial charge is 0.357 e. The number of nitrogens with one attached hydrogen (secondary N) is 2. The van der Waals surface area contributed by atoms with E-state index in [1.165, 1.54) is 25.8 Å². The Bertz CT molecular complexity index is 622. The Morgan fingerprint density at radius 2 is 2.11 bits per heavy atom. The molecule has 1 fully saturated rings. The van der Waals surface area contributed by atoms with Crippen LogP contribution in [-0.2, 0) is 13.0 Å². The minimum atomic E-state index is 0.352. The van der Waals surface area contributed by atoms with E-state index < -0.39 is 0 Å². The number of aliphatic imine (C=N–C) groups is 1. The molecule has 1 saturated heterocycles. The van der Waals surface area contributed by atoms with E-state index in [1.54, 1.807) is 0 Å². The van der Waals surface area contributed by atoms with Crippen LogP contribution in [0.2, 0.25) is 0 Å². The minimum Gasteiger partial charge on any atom is -0.357 e. The van der Waals surface area contributed by atoms with E-state index in [0.29, 0.717) is 18.0 Å². The third-order valence-corrected chi connectivity index (χ3v) is 5.69. The van der Waals surface area contributed by atoms with Gasteiger partial charge in [0.15, 0.2) is 11.8 Å². The normalized spacial score (nSPS) is 24.1. The predicted octanol–water partition coefficient (Wildman–Crippen LogP) is 2.15. The number of hydrogen-bond acceptors (Lipinski definition) is 4. The van der Waals surface area contributed by atoms with Crippen molar-refractivity contribution in [2.75, 3.05) is 26.2 Å². The summed E-state index contributed by atoms with van der Waals surface area (Å²) < 4.78 is 2.08. The van der Waals surface area contributed by atoms with Crippen molar-refractivity contribution in [3.8, 4) is 0 Å². The molecule has 2 unspecified atom stereocenters. The van der Waals surface area contributed by atoms with Crippen molar-refractivity contribution in [2.24, 2.45) is 4.99 Å². The lowest BCUT2D eigenvalue weighted by Crippen LogP contribution is -2.48. The second-order valence-corrected chi connectivity index (χ2v) is 8.10. The first-order chi connectivity index (χ1) is 13.1. The van der Waals surface area contributed by atoms with Crippen molar-refractivity contribution in [3.63, 3.8) is 0 Å². The summed E-state index contributed by atoms with van der Waals surface area (Å²) in [6, 6.07) is 0.937. The van der Waals surface area contributed by atoms with Gasteiger partial charge >= 0.3 is 0 Å². The summed E-state index contributed by atoms with van der Waals surface area (Å²) in [5, 5.41) is 11.8. The van der Waals surface area contributed by atoms with Crippen molar-refractivity contribution in [3.05, 3.63) is 11.6 Å². The van der Waals surface area contributed by atoms with E-state index >= 15 is 0 Å². The molecule has 2 N–H and O–H groups in total. The Labute approximate surface area is 164 Å². The number of piperidine rings is 1. The highest BCUT2D eigenvalue weighted by atomic mass is 15.4. The summed E-state index contributed by atoms with van der Waals surface area (Å²) in [6.07, 6.45) is 5.97. The zero-order valence-corrected chi connectivity index (χ0v) is 17.5. The molecular weight excluding hydrogens is 338 g/mol. The number of likely N-dealkylation sites (tertiary alicyclic amines) is 1. The van der Waals surface area contributed by atoms with Crippen molar-refractivity contribution in [2.45, 2.75) is 84.3 Å². The van der Waals surface area contributed by atoms with Gasteiger partial charge in [-0.05, 0) is 39.3 Å². The van der Waals surface area contributed by atoms with E-state index in [4.69, 9.17) is 10.1 Å². The zero-order valence-electron chi connectivity index (χ0n) is 17.5. The van der Waals surface area contributed by atoms with E-state index in [-0.39, 0.29) is 0 Å². The molecule has 0 amide bonds. The third kappa shape index (κ3) is 5.21. The van der Waals surface area contributed by atoms with Crippen LogP contribution in [0.5, 0.6) is 0 Å².